The van der Waals surface area contributed by atoms with Crippen molar-refractivity contribution in [2.75, 3.05) is 0 Å². The fourth-order valence-electron chi connectivity index (χ4n) is 1.35. The molecule has 0 spiro atoms. The van der Waals surface area contributed by atoms with E-state index in [1.807, 2.05) is 13.2 Å². The first-order chi connectivity index (χ1) is 6.09. The Kier molecular flexibility index (Phi) is 1.87. The molecule has 2 rings (SSSR count). The highest BCUT2D eigenvalue weighted by Gasteiger charge is 2.10. The lowest BCUT2D eigenvalue weighted by Gasteiger charge is -1.98. The van der Waals surface area contributed by atoms with Gasteiger partial charge in [-0.25, -0.2) is 4.39 Å². The zero-order valence-electron chi connectivity index (χ0n) is 7.31. The smallest absolute Gasteiger partial charge is 0.129 e. The second-order valence-corrected chi connectivity index (χ2v) is 3.88. The Balaban J connectivity index is 2.95. The van der Waals surface area contributed by atoms with Gasteiger partial charge in [0.25, 0.3) is 0 Å². The van der Waals surface area contributed by atoms with Gasteiger partial charge >= 0.3 is 0 Å². The molecule has 1 aromatic carbocycles. The molecule has 0 radical (unpaired) electrons. The molecule has 0 aliphatic carbocycles. The summed E-state index contributed by atoms with van der Waals surface area (Å²) in [6, 6.07) is 1.47. The maximum absolute atomic E-state index is 13.2. The number of nitrogens with zero attached hydrogens (tertiary/aromatic N) is 2. The van der Waals surface area contributed by atoms with Gasteiger partial charge in [-0.05, 0) is 28.9 Å². The summed E-state index contributed by atoms with van der Waals surface area (Å²) in [7, 11) is 1.82. The summed E-state index contributed by atoms with van der Waals surface area (Å²) in [6.45, 7) is 1.73. The topological polar surface area (TPSA) is 17.8 Å². The van der Waals surface area contributed by atoms with Crippen molar-refractivity contribution in [3.8, 4) is 0 Å². The zero-order valence-corrected chi connectivity index (χ0v) is 8.89. The third-order valence-corrected chi connectivity index (χ3v) is 2.71. The van der Waals surface area contributed by atoms with Crippen LogP contribution in [0.4, 0.5) is 4.39 Å². The van der Waals surface area contributed by atoms with Crippen LogP contribution in [0.15, 0.2) is 16.7 Å². The highest BCUT2D eigenvalue weighted by Crippen LogP contribution is 2.27. The van der Waals surface area contributed by atoms with E-state index in [1.165, 1.54) is 6.07 Å². The lowest BCUT2D eigenvalue weighted by atomic mass is 10.1. The van der Waals surface area contributed by atoms with Crippen molar-refractivity contribution in [2.45, 2.75) is 6.92 Å². The third-order valence-electron chi connectivity index (χ3n) is 2.05. The first-order valence-electron chi connectivity index (χ1n) is 3.87. The van der Waals surface area contributed by atoms with Gasteiger partial charge in [0.15, 0.2) is 0 Å². The van der Waals surface area contributed by atoms with Crippen molar-refractivity contribution in [3.63, 3.8) is 0 Å². The number of halogens is 2. The minimum absolute atomic E-state index is 0.224. The molecule has 1 aromatic heterocycles. The van der Waals surface area contributed by atoms with Gasteiger partial charge in [-0.1, -0.05) is 0 Å². The van der Waals surface area contributed by atoms with Gasteiger partial charge in [0.05, 0.1) is 5.52 Å². The van der Waals surface area contributed by atoms with Gasteiger partial charge < -0.3 is 0 Å². The summed E-state index contributed by atoms with van der Waals surface area (Å²) in [5.74, 6) is -0.224. The predicted octanol–water partition coefficient (Wildman–Crippen LogP) is 2.78. The van der Waals surface area contributed by atoms with E-state index in [9.17, 15) is 4.39 Å². The quantitative estimate of drug-likeness (QED) is 0.695. The number of benzene rings is 1. The fourth-order valence-corrected chi connectivity index (χ4v) is 1.84. The number of fused-ring (bicyclic) bond motifs is 1. The average Bonchev–Trinajstić information content (AvgIpc) is 2.44. The molecule has 2 aromatic rings. The Morgan fingerprint density at radius 3 is 2.92 bits per heavy atom. The summed E-state index contributed by atoms with van der Waals surface area (Å²) in [5, 5.41) is 5.13. The zero-order chi connectivity index (χ0) is 9.59. The van der Waals surface area contributed by atoms with Crippen LogP contribution in [0.25, 0.3) is 10.9 Å². The van der Waals surface area contributed by atoms with E-state index < -0.39 is 0 Å². The fraction of sp³-hybridized carbons (Fsp3) is 0.222. The van der Waals surface area contributed by atoms with E-state index in [2.05, 4.69) is 21.0 Å². The molecule has 2 nitrogen and oxygen atoms in total. The first-order valence-corrected chi connectivity index (χ1v) is 4.67. The Morgan fingerprint density at radius 1 is 1.54 bits per heavy atom. The van der Waals surface area contributed by atoms with Crippen LogP contribution in [0.3, 0.4) is 0 Å². The van der Waals surface area contributed by atoms with Crippen molar-refractivity contribution < 1.29 is 4.39 Å². The van der Waals surface area contributed by atoms with Gasteiger partial charge in [-0.15, -0.1) is 0 Å². The number of aromatic nitrogens is 2. The van der Waals surface area contributed by atoms with Crippen LogP contribution in [0.2, 0.25) is 0 Å². The summed E-state index contributed by atoms with van der Waals surface area (Å²) >= 11 is 3.30. The molecule has 0 aliphatic heterocycles. The molecular weight excluding hydrogens is 235 g/mol. The van der Waals surface area contributed by atoms with Gasteiger partial charge in [0, 0.05) is 28.7 Å². The number of hydrogen-bond donors (Lipinski definition) is 0. The van der Waals surface area contributed by atoms with Crippen LogP contribution in [-0.2, 0) is 7.05 Å². The summed E-state index contributed by atoms with van der Waals surface area (Å²) in [4.78, 5) is 0. The monoisotopic (exact) mass is 242 g/mol. The molecule has 0 N–H and O–H groups in total. The van der Waals surface area contributed by atoms with Crippen LogP contribution in [0.5, 0.6) is 0 Å². The van der Waals surface area contributed by atoms with E-state index in [4.69, 9.17) is 0 Å². The molecule has 0 atom stereocenters. The molecule has 13 heavy (non-hydrogen) atoms. The van der Waals surface area contributed by atoms with E-state index in [0.717, 1.165) is 15.4 Å². The van der Waals surface area contributed by atoms with Crippen LogP contribution < -0.4 is 0 Å². The van der Waals surface area contributed by atoms with Crippen molar-refractivity contribution in [3.05, 3.63) is 28.1 Å². The maximum Gasteiger partial charge on any atom is 0.129 e. The Labute approximate surface area is 83.5 Å². The van der Waals surface area contributed by atoms with Gasteiger partial charge in [0.2, 0.25) is 0 Å². The van der Waals surface area contributed by atoms with Gasteiger partial charge in [-0.3, -0.25) is 4.68 Å². The third kappa shape index (κ3) is 1.25. The molecule has 0 saturated heterocycles. The Morgan fingerprint density at radius 2 is 2.23 bits per heavy atom. The van der Waals surface area contributed by atoms with E-state index in [-0.39, 0.29) is 5.82 Å². The van der Waals surface area contributed by atoms with Crippen molar-refractivity contribution in [1.29, 1.82) is 0 Å². The van der Waals surface area contributed by atoms with Crippen LogP contribution in [0.1, 0.15) is 5.56 Å². The standard InChI is InChI=1S/C9H8BrFN2/c1-5-8(11)3-7(10)6-4-13(2)12-9(5)6/h3-4H,1-2H3. The maximum atomic E-state index is 13.2. The van der Waals surface area contributed by atoms with Crippen molar-refractivity contribution >= 4 is 26.8 Å². The predicted molar refractivity (Wildman–Crippen MR) is 53.1 cm³/mol. The lowest BCUT2D eigenvalue weighted by Crippen LogP contribution is -1.88. The number of aryl methyl sites for hydroxylation is 2. The van der Waals surface area contributed by atoms with E-state index >= 15 is 0 Å². The molecule has 1 heterocycles. The van der Waals surface area contributed by atoms with E-state index in [1.54, 1.807) is 11.6 Å². The number of rotatable bonds is 0. The van der Waals surface area contributed by atoms with Crippen LogP contribution in [-0.4, -0.2) is 9.78 Å². The lowest BCUT2D eigenvalue weighted by molar-refractivity contribution is 0.619. The summed E-state index contributed by atoms with van der Waals surface area (Å²) in [6.07, 6.45) is 1.87. The molecule has 0 saturated carbocycles. The second-order valence-electron chi connectivity index (χ2n) is 3.03. The largest absolute Gasteiger partial charge is 0.275 e. The summed E-state index contributed by atoms with van der Waals surface area (Å²) < 4.78 is 15.7. The second kappa shape index (κ2) is 2.80. The Bertz CT molecular complexity index is 476. The first kappa shape index (κ1) is 8.69. The Hall–Kier alpha value is -0.900. The number of hydrogen-bond acceptors (Lipinski definition) is 1. The normalized spacial score (nSPS) is 11.1. The molecule has 68 valence electrons. The highest BCUT2D eigenvalue weighted by atomic mass is 79.9. The SMILES string of the molecule is Cc1c(F)cc(Br)c2cn(C)nc12. The molecule has 0 unspecified atom stereocenters. The van der Waals surface area contributed by atoms with Crippen molar-refractivity contribution in [2.24, 2.45) is 7.05 Å². The summed E-state index contributed by atoms with van der Waals surface area (Å²) in [5.41, 5.74) is 1.31. The molecule has 0 fully saturated rings. The highest BCUT2D eigenvalue weighted by molar-refractivity contribution is 9.10. The van der Waals surface area contributed by atoms with E-state index in [0.29, 0.717) is 5.56 Å². The molecule has 0 amide bonds. The molecule has 4 heteroatoms. The average molecular weight is 243 g/mol. The van der Waals surface area contributed by atoms with Gasteiger partial charge in [-0.2, -0.15) is 5.10 Å². The van der Waals surface area contributed by atoms with Gasteiger partial charge in [0.1, 0.15) is 5.82 Å². The van der Waals surface area contributed by atoms with Crippen LogP contribution in [0, 0.1) is 12.7 Å². The molecule has 0 aliphatic rings. The minimum atomic E-state index is -0.224. The van der Waals surface area contributed by atoms with Crippen molar-refractivity contribution in [1.82, 2.24) is 9.78 Å². The van der Waals surface area contributed by atoms with Crippen LogP contribution >= 0.6 is 15.9 Å². The minimum Gasteiger partial charge on any atom is -0.275 e. The molecular formula is C9H8BrFN2. The molecule has 0 bridgehead atoms.